The lowest BCUT2D eigenvalue weighted by molar-refractivity contribution is 0.0868. The SMILES string of the molecule is C/C=C/CCCC(O)CO. The van der Waals surface area contributed by atoms with E-state index < -0.39 is 6.10 Å². The second-order valence-corrected chi connectivity index (χ2v) is 2.34. The van der Waals surface area contributed by atoms with Gasteiger partial charge in [0.2, 0.25) is 0 Å². The van der Waals surface area contributed by atoms with Crippen LogP contribution in [-0.2, 0) is 0 Å². The van der Waals surface area contributed by atoms with E-state index in [1.165, 1.54) is 0 Å². The molecule has 0 aromatic rings. The van der Waals surface area contributed by atoms with E-state index >= 15 is 0 Å². The third-order valence-corrected chi connectivity index (χ3v) is 1.35. The largest absolute Gasteiger partial charge is 0.394 e. The van der Waals surface area contributed by atoms with Crippen LogP contribution in [-0.4, -0.2) is 22.9 Å². The summed E-state index contributed by atoms with van der Waals surface area (Å²) in [5.74, 6) is 0. The average Bonchev–Trinajstić information content (AvgIpc) is 1.98. The maximum absolute atomic E-state index is 8.88. The van der Waals surface area contributed by atoms with E-state index in [0.29, 0.717) is 6.42 Å². The van der Waals surface area contributed by atoms with Gasteiger partial charge in [0.05, 0.1) is 12.7 Å². The van der Waals surface area contributed by atoms with Crippen LogP contribution in [0, 0.1) is 0 Å². The third kappa shape index (κ3) is 5.79. The van der Waals surface area contributed by atoms with Crippen molar-refractivity contribution in [3.8, 4) is 0 Å². The second kappa shape index (κ2) is 6.78. The van der Waals surface area contributed by atoms with Gasteiger partial charge in [0.25, 0.3) is 0 Å². The molecule has 0 amide bonds. The molecule has 0 aliphatic heterocycles. The van der Waals surface area contributed by atoms with Crippen molar-refractivity contribution in [3.63, 3.8) is 0 Å². The zero-order chi connectivity index (χ0) is 7.82. The van der Waals surface area contributed by atoms with E-state index in [1.807, 2.05) is 13.0 Å². The van der Waals surface area contributed by atoms with Gasteiger partial charge < -0.3 is 10.2 Å². The first-order chi connectivity index (χ1) is 4.81. The molecule has 10 heavy (non-hydrogen) atoms. The monoisotopic (exact) mass is 144 g/mol. The summed E-state index contributed by atoms with van der Waals surface area (Å²) < 4.78 is 0. The molecule has 0 spiro atoms. The van der Waals surface area contributed by atoms with Crippen LogP contribution in [0.1, 0.15) is 26.2 Å². The lowest BCUT2D eigenvalue weighted by atomic mass is 10.1. The normalized spacial score (nSPS) is 14.3. The fraction of sp³-hybridized carbons (Fsp3) is 0.750. The molecule has 0 aromatic carbocycles. The summed E-state index contributed by atoms with van der Waals surface area (Å²) in [7, 11) is 0. The van der Waals surface area contributed by atoms with Crippen LogP contribution in [0.3, 0.4) is 0 Å². The molecule has 0 aliphatic carbocycles. The molecule has 0 saturated heterocycles. The van der Waals surface area contributed by atoms with Gasteiger partial charge in [-0.1, -0.05) is 12.2 Å². The Morgan fingerprint density at radius 3 is 2.70 bits per heavy atom. The van der Waals surface area contributed by atoms with Crippen LogP contribution in [0.5, 0.6) is 0 Å². The van der Waals surface area contributed by atoms with Crippen molar-refractivity contribution in [3.05, 3.63) is 12.2 Å². The van der Waals surface area contributed by atoms with Gasteiger partial charge in [-0.2, -0.15) is 0 Å². The van der Waals surface area contributed by atoms with Gasteiger partial charge in [0.1, 0.15) is 0 Å². The maximum Gasteiger partial charge on any atom is 0.0771 e. The van der Waals surface area contributed by atoms with Crippen LogP contribution < -0.4 is 0 Å². The van der Waals surface area contributed by atoms with Crippen molar-refractivity contribution in [1.82, 2.24) is 0 Å². The summed E-state index contributed by atoms with van der Waals surface area (Å²) in [6, 6.07) is 0. The van der Waals surface area contributed by atoms with Crippen molar-refractivity contribution in [1.29, 1.82) is 0 Å². The fourth-order valence-corrected chi connectivity index (χ4v) is 0.729. The second-order valence-electron chi connectivity index (χ2n) is 2.34. The van der Waals surface area contributed by atoms with E-state index in [2.05, 4.69) is 6.08 Å². The molecule has 2 nitrogen and oxygen atoms in total. The van der Waals surface area contributed by atoms with Crippen LogP contribution in [0.4, 0.5) is 0 Å². The predicted molar refractivity (Wildman–Crippen MR) is 41.8 cm³/mol. The van der Waals surface area contributed by atoms with Gasteiger partial charge in [-0.05, 0) is 26.2 Å². The minimum Gasteiger partial charge on any atom is -0.394 e. The first kappa shape index (κ1) is 9.66. The van der Waals surface area contributed by atoms with Gasteiger partial charge in [0.15, 0.2) is 0 Å². The summed E-state index contributed by atoms with van der Waals surface area (Å²) in [5, 5.41) is 17.3. The summed E-state index contributed by atoms with van der Waals surface area (Å²) in [4.78, 5) is 0. The van der Waals surface area contributed by atoms with E-state index in [9.17, 15) is 0 Å². The number of aliphatic hydroxyl groups is 2. The lowest BCUT2D eigenvalue weighted by Crippen LogP contribution is -2.10. The van der Waals surface area contributed by atoms with Crippen molar-refractivity contribution in [2.24, 2.45) is 0 Å². The van der Waals surface area contributed by atoms with E-state index in [-0.39, 0.29) is 6.61 Å². The summed E-state index contributed by atoms with van der Waals surface area (Å²) in [6.45, 7) is 1.86. The Morgan fingerprint density at radius 1 is 1.50 bits per heavy atom. The van der Waals surface area contributed by atoms with Crippen molar-refractivity contribution < 1.29 is 10.2 Å². The van der Waals surface area contributed by atoms with Gasteiger partial charge in [0, 0.05) is 0 Å². The molecular formula is C8H16O2. The molecule has 0 heterocycles. The number of hydrogen-bond acceptors (Lipinski definition) is 2. The average molecular weight is 144 g/mol. The van der Waals surface area contributed by atoms with E-state index in [1.54, 1.807) is 0 Å². The summed E-state index contributed by atoms with van der Waals surface area (Å²) in [5.41, 5.74) is 0. The number of hydrogen-bond donors (Lipinski definition) is 2. The molecule has 60 valence electrons. The highest BCUT2D eigenvalue weighted by Crippen LogP contribution is 2.00. The molecule has 1 unspecified atom stereocenters. The molecule has 2 N–H and O–H groups in total. The van der Waals surface area contributed by atoms with E-state index in [4.69, 9.17) is 10.2 Å². The summed E-state index contributed by atoms with van der Waals surface area (Å²) >= 11 is 0. The maximum atomic E-state index is 8.88. The number of rotatable bonds is 5. The fourth-order valence-electron chi connectivity index (χ4n) is 0.729. The topological polar surface area (TPSA) is 40.5 Å². The van der Waals surface area contributed by atoms with Gasteiger partial charge in [-0.3, -0.25) is 0 Å². The highest BCUT2D eigenvalue weighted by Gasteiger charge is 1.98. The third-order valence-electron chi connectivity index (χ3n) is 1.35. The molecule has 0 aromatic heterocycles. The van der Waals surface area contributed by atoms with Crippen LogP contribution in [0.2, 0.25) is 0 Å². The molecule has 0 fully saturated rings. The Hall–Kier alpha value is -0.340. The molecule has 0 aliphatic rings. The smallest absolute Gasteiger partial charge is 0.0771 e. The zero-order valence-electron chi connectivity index (χ0n) is 6.45. The van der Waals surface area contributed by atoms with Crippen molar-refractivity contribution in [2.45, 2.75) is 32.3 Å². The molecule has 0 saturated carbocycles. The Morgan fingerprint density at radius 2 is 2.20 bits per heavy atom. The van der Waals surface area contributed by atoms with Crippen LogP contribution in [0.25, 0.3) is 0 Å². The van der Waals surface area contributed by atoms with Crippen molar-refractivity contribution >= 4 is 0 Å². The number of allylic oxidation sites excluding steroid dienone is 2. The zero-order valence-corrected chi connectivity index (χ0v) is 6.45. The summed E-state index contributed by atoms with van der Waals surface area (Å²) in [6.07, 6.45) is 6.17. The van der Waals surface area contributed by atoms with Gasteiger partial charge >= 0.3 is 0 Å². The highest BCUT2D eigenvalue weighted by atomic mass is 16.3. The molecule has 0 radical (unpaired) electrons. The van der Waals surface area contributed by atoms with Crippen molar-refractivity contribution in [2.75, 3.05) is 6.61 Å². The van der Waals surface area contributed by atoms with Gasteiger partial charge in [-0.15, -0.1) is 0 Å². The Kier molecular flexibility index (Phi) is 6.55. The number of aliphatic hydroxyl groups excluding tert-OH is 2. The first-order valence-electron chi connectivity index (χ1n) is 3.71. The standard InChI is InChI=1S/C8H16O2/c1-2-3-4-5-6-8(10)7-9/h2-3,8-10H,4-7H2,1H3/b3-2+. The number of unbranched alkanes of at least 4 members (excludes halogenated alkanes) is 1. The Balaban J connectivity index is 3.03. The lowest BCUT2D eigenvalue weighted by Gasteiger charge is -2.03. The Labute approximate surface area is 62.2 Å². The first-order valence-corrected chi connectivity index (χ1v) is 3.71. The molecule has 0 rings (SSSR count). The van der Waals surface area contributed by atoms with Gasteiger partial charge in [-0.25, -0.2) is 0 Å². The molecule has 2 heteroatoms. The molecular weight excluding hydrogens is 128 g/mol. The highest BCUT2D eigenvalue weighted by molar-refractivity contribution is 4.76. The molecule has 1 atom stereocenters. The quantitative estimate of drug-likeness (QED) is 0.448. The van der Waals surface area contributed by atoms with Crippen LogP contribution in [0.15, 0.2) is 12.2 Å². The van der Waals surface area contributed by atoms with E-state index in [0.717, 1.165) is 12.8 Å². The molecule has 0 bridgehead atoms. The minimum absolute atomic E-state index is 0.115. The van der Waals surface area contributed by atoms with Crippen LogP contribution >= 0.6 is 0 Å². The predicted octanol–water partition coefficient (Wildman–Crippen LogP) is 1.09. The Bertz CT molecular complexity index is 89.3. The minimum atomic E-state index is -0.523.